The smallest absolute Gasteiger partial charge is 0.225 e. The molecule has 4 nitrogen and oxygen atoms in total. The third-order valence-corrected chi connectivity index (χ3v) is 5.15. The molecule has 0 atom stereocenters. The van der Waals surface area contributed by atoms with Crippen molar-refractivity contribution < 1.29 is 9.53 Å². The first kappa shape index (κ1) is 19.7. The number of nitrogens with one attached hydrogen (secondary N) is 1. The Bertz CT molecular complexity index is 753. The highest BCUT2D eigenvalue weighted by molar-refractivity contribution is 6.30. The molecule has 3 rings (SSSR count). The SMILES string of the molecule is CC(C)C(=O)N1CCC(NCc2ccccc2Oc2ccc(Cl)cc2)CC1. The van der Waals surface area contributed by atoms with Crippen LogP contribution in [0.5, 0.6) is 11.5 Å². The molecule has 2 aromatic carbocycles. The van der Waals surface area contributed by atoms with Crippen LogP contribution in [-0.4, -0.2) is 29.9 Å². The molecule has 144 valence electrons. The van der Waals surface area contributed by atoms with Crippen molar-refractivity contribution in [2.75, 3.05) is 13.1 Å². The number of benzene rings is 2. The lowest BCUT2D eigenvalue weighted by molar-refractivity contribution is -0.135. The number of carbonyl (C=O) groups is 1. The third-order valence-electron chi connectivity index (χ3n) is 4.90. The number of piperidine rings is 1. The van der Waals surface area contributed by atoms with Crippen LogP contribution in [0.3, 0.4) is 0 Å². The van der Waals surface area contributed by atoms with Gasteiger partial charge in [-0.2, -0.15) is 0 Å². The van der Waals surface area contributed by atoms with Crippen molar-refractivity contribution in [2.45, 2.75) is 39.3 Å². The van der Waals surface area contributed by atoms with E-state index in [0.29, 0.717) is 11.1 Å². The summed E-state index contributed by atoms with van der Waals surface area (Å²) in [6.07, 6.45) is 1.97. The zero-order chi connectivity index (χ0) is 19.2. The number of amides is 1. The monoisotopic (exact) mass is 386 g/mol. The summed E-state index contributed by atoms with van der Waals surface area (Å²) in [5.41, 5.74) is 1.12. The van der Waals surface area contributed by atoms with Crippen LogP contribution in [0.25, 0.3) is 0 Å². The van der Waals surface area contributed by atoms with Gasteiger partial charge in [-0.05, 0) is 43.2 Å². The Morgan fingerprint density at radius 1 is 1.15 bits per heavy atom. The molecule has 0 aliphatic carbocycles. The molecule has 1 fully saturated rings. The predicted octanol–water partition coefficient (Wildman–Crippen LogP) is 4.87. The summed E-state index contributed by atoms with van der Waals surface area (Å²) in [7, 11) is 0. The van der Waals surface area contributed by atoms with Gasteiger partial charge in [0.15, 0.2) is 0 Å². The van der Waals surface area contributed by atoms with Gasteiger partial charge in [-0.3, -0.25) is 4.79 Å². The first-order valence-electron chi connectivity index (χ1n) is 9.56. The van der Waals surface area contributed by atoms with Crippen LogP contribution in [0.4, 0.5) is 0 Å². The molecule has 1 heterocycles. The molecule has 2 aromatic rings. The van der Waals surface area contributed by atoms with E-state index in [2.05, 4.69) is 11.4 Å². The molecule has 0 radical (unpaired) electrons. The number of likely N-dealkylation sites (tertiary alicyclic amines) is 1. The minimum Gasteiger partial charge on any atom is -0.457 e. The molecule has 1 saturated heterocycles. The van der Waals surface area contributed by atoms with Crippen molar-refractivity contribution in [1.82, 2.24) is 10.2 Å². The van der Waals surface area contributed by atoms with Gasteiger partial charge in [0.05, 0.1) is 0 Å². The third kappa shape index (κ3) is 5.47. The van der Waals surface area contributed by atoms with Crippen LogP contribution < -0.4 is 10.1 Å². The Labute approximate surface area is 166 Å². The highest BCUT2D eigenvalue weighted by Gasteiger charge is 2.24. The van der Waals surface area contributed by atoms with Gasteiger partial charge in [0, 0.05) is 42.2 Å². The Balaban J connectivity index is 1.54. The maximum absolute atomic E-state index is 12.1. The second-order valence-electron chi connectivity index (χ2n) is 7.30. The normalized spacial score (nSPS) is 15.2. The van der Waals surface area contributed by atoms with Crippen molar-refractivity contribution >= 4 is 17.5 Å². The van der Waals surface area contributed by atoms with Gasteiger partial charge in [-0.1, -0.05) is 43.6 Å². The fourth-order valence-electron chi connectivity index (χ4n) is 3.30. The molecular weight excluding hydrogens is 360 g/mol. The predicted molar refractivity (Wildman–Crippen MR) is 109 cm³/mol. The van der Waals surface area contributed by atoms with E-state index in [0.717, 1.165) is 49.5 Å². The topological polar surface area (TPSA) is 41.6 Å². The standard InChI is InChI=1S/C22H27ClN2O2/c1-16(2)22(26)25-13-11-19(12-14-25)24-15-17-5-3-4-6-21(17)27-20-9-7-18(23)8-10-20/h3-10,16,19,24H,11-15H2,1-2H3. The van der Waals surface area contributed by atoms with E-state index >= 15 is 0 Å². The summed E-state index contributed by atoms with van der Waals surface area (Å²) in [5, 5.41) is 4.32. The molecule has 0 spiro atoms. The number of rotatable bonds is 6. The average molecular weight is 387 g/mol. The molecule has 1 aliphatic rings. The van der Waals surface area contributed by atoms with Crippen molar-refractivity contribution in [1.29, 1.82) is 0 Å². The maximum atomic E-state index is 12.1. The average Bonchev–Trinajstić information content (AvgIpc) is 2.69. The summed E-state index contributed by atoms with van der Waals surface area (Å²) in [5.74, 6) is 1.95. The fourth-order valence-corrected chi connectivity index (χ4v) is 3.43. The second-order valence-corrected chi connectivity index (χ2v) is 7.74. The Hall–Kier alpha value is -2.04. The number of hydrogen-bond acceptors (Lipinski definition) is 3. The number of halogens is 1. The fraction of sp³-hybridized carbons (Fsp3) is 0.409. The Morgan fingerprint density at radius 2 is 1.81 bits per heavy atom. The number of para-hydroxylation sites is 1. The van der Waals surface area contributed by atoms with E-state index in [4.69, 9.17) is 16.3 Å². The lowest BCUT2D eigenvalue weighted by Crippen LogP contribution is -2.46. The molecule has 0 unspecified atom stereocenters. The van der Waals surface area contributed by atoms with E-state index in [-0.39, 0.29) is 11.8 Å². The largest absolute Gasteiger partial charge is 0.457 e. The first-order chi connectivity index (χ1) is 13.0. The number of ether oxygens (including phenoxy) is 1. The molecule has 0 aromatic heterocycles. The summed E-state index contributed by atoms with van der Waals surface area (Å²) in [6.45, 7) is 6.33. The summed E-state index contributed by atoms with van der Waals surface area (Å²) < 4.78 is 6.03. The summed E-state index contributed by atoms with van der Waals surface area (Å²) in [4.78, 5) is 14.1. The molecule has 0 bridgehead atoms. The van der Waals surface area contributed by atoms with E-state index in [1.807, 2.05) is 61.2 Å². The molecule has 5 heteroatoms. The Kier molecular flexibility index (Phi) is 6.75. The van der Waals surface area contributed by atoms with Crippen LogP contribution in [0.2, 0.25) is 5.02 Å². The molecule has 1 N–H and O–H groups in total. The molecule has 1 aliphatic heterocycles. The van der Waals surface area contributed by atoms with E-state index in [1.165, 1.54) is 0 Å². The number of hydrogen-bond donors (Lipinski definition) is 1. The van der Waals surface area contributed by atoms with E-state index in [9.17, 15) is 4.79 Å². The number of carbonyl (C=O) groups excluding carboxylic acids is 1. The molecule has 0 saturated carbocycles. The van der Waals surface area contributed by atoms with Crippen LogP contribution in [0.15, 0.2) is 48.5 Å². The van der Waals surface area contributed by atoms with Crippen LogP contribution in [0, 0.1) is 5.92 Å². The van der Waals surface area contributed by atoms with Crippen molar-refractivity contribution in [3.8, 4) is 11.5 Å². The van der Waals surface area contributed by atoms with Gasteiger partial charge in [0.1, 0.15) is 11.5 Å². The zero-order valence-corrected chi connectivity index (χ0v) is 16.7. The van der Waals surface area contributed by atoms with Gasteiger partial charge >= 0.3 is 0 Å². The lowest BCUT2D eigenvalue weighted by atomic mass is 10.0. The minimum absolute atomic E-state index is 0.0754. The van der Waals surface area contributed by atoms with E-state index < -0.39 is 0 Å². The van der Waals surface area contributed by atoms with E-state index in [1.54, 1.807) is 0 Å². The first-order valence-corrected chi connectivity index (χ1v) is 9.94. The van der Waals surface area contributed by atoms with Crippen LogP contribution >= 0.6 is 11.6 Å². The van der Waals surface area contributed by atoms with Gasteiger partial charge < -0.3 is 15.0 Å². The van der Waals surface area contributed by atoms with Crippen molar-refractivity contribution in [2.24, 2.45) is 5.92 Å². The van der Waals surface area contributed by atoms with Crippen LogP contribution in [0.1, 0.15) is 32.3 Å². The lowest BCUT2D eigenvalue weighted by Gasteiger charge is -2.33. The summed E-state index contributed by atoms with van der Waals surface area (Å²) in [6, 6.07) is 15.9. The zero-order valence-electron chi connectivity index (χ0n) is 16.0. The maximum Gasteiger partial charge on any atom is 0.225 e. The van der Waals surface area contributed by atoms with Gasteiger partial charge in [-0.15, -0.1) is 0 Å². The molecule has 1 amide bonds. The second kappa shape index (κ2) is 9.25. The Morgan fingerprint density at radius 3 is 2.48 bits per heavy atom. The van der Waals surface area contributed by atoms with Gasteiger partial charge in [0.2, 0.25) is 5.91 Å². The van der Waals surface area contributed by atoms with Crippen molar-refractivity contribution in [3.63, 3.8) is 0 Å². The highest BCUT2D eigenvalue weighted by atomic mass is 35.5. The van der Waals surface area contributed by atoms with Crippen molar-refractivity contribution in [3.05, 3.63) is 59.1 Å². The van der Waals surface area contributed by atoms with Crippen LogP contribution in [-0.2, 0) is 11.3 Å². The van der Waals surface area contributed by atoms with Gasteiger partial charge in [-0.25, -0.2) is 0 Å². The number of nitrogens with zero attached hydrogens (tertiary/aromatic N) is 1. The molecular formula is C22H27ClN2O2. The highest BCUT2D eigenvalue weighted by Crippen LogP contribution is 2.26. The molecule has 27 heavy (non-hydrogen) atoms. The summed E-state index contributed by atoms with van der Waals surface area (Å²) >= 11 is 5.94. The van der Waals surface area contributed by atoms with Gasteiger partial charge in [0.25, 0.3) is 0 Å². The quantitative estimate of drug-likeness (QED) is 0.770. The minimum atomic E-state index is 0.0754.